The Labute approximate surface area is 184 Å². The van der Waals surface area contributed by atoms with Crippen molar-refractivity contribution < 1.29 is 9.53 Å². The van der Waals surface area contributed by atoms with E-state index in [9.17, 15) is 4.79 Å². The van der Waals surface area contributed by atoms with Gasteiger partial charge in [0, 0.05) is 51.6 Å². The highest BCUT2D eigenvalue weighted by Gasteiger charge is 2.42. The number of nitrogens with one attached hydrogen (secondary N) is 1. The summed E-state index contributed by atoms with van der Waals surface area (Å²) in [6, 6.07) is 14.9. The average molecular weight is 421 g/mol. The second-order valence-electron chi connectivity index (χ2n) is 9.24. The van der Waals surface area contributed by atoms with Crippen molar-refractivity contribution in [3.8, 4) is 0 Å². The third-order valence-corrected chi connectivity index (χ3v) is 7.22. The quantitative estimate of drug-likeness (QED) is 0.775. The molecule has 1 aromatic heterocycles. The molecule has 2 saturated heterocycles. The summed E-state index contributed by atoms with van der Waals surface area (Å²) in [5.41, 5.74) is 2.35. The maximum atomic E-state index is 12.0. The second kappa shape index (κ2) is 8.97. The molecule has 2 aromatic rings. The zero-order valence-corrected chi connectivity index (χ0v) is 18.2. The van der Waals surface area contributed by atoms with E-state index in [1.54, 1.807) is 0 Å². The zero-order valence-electron chi connectivity index (χ0n) is 18.2. The predicted octanol–water partition coefficient (Wildman–Crippen LogP) is 3.55. The van der Waals surface area contributed by atoms with Gasteiger partial charge in [0.2, 0.25) is 5.91 Å². The number of fused-ring (bicyclic) bond motifs is 1. The summed E-state index contributed by atoms with van der Waals surface area (Å²) in [4.78, 5) is 20.9. The van der Waals surface area contributed by atoms with Crippen LogP contribution in [0.3, 0.4) is 0 Å². The first kappa shape index (κ1) is 20.5. The van der Waals surface area contributed by atoms with Crippen LogP contribution >= 0.6 is 0 Å². The highest BCUT2D eigenvalue weighted by atomic mass is 16.5. The fraction of sp³-hybridized carbons (Fsp3) is 0.520. The first-order valence-corrected chi connectivity index (χ1v) is 11.5. The Kier molecular flexibility index (Phi) is 5.92. The maximum Gasteiger partial charge on any atom is 0.227 e. The number of hydrogen-bond acceptors (Lipinski definition) is 5. The molecule has 2 aliphatic heterocycles. The minimum Gasteiger partial charge on any atom is -0.379 e. The highest BCUT2D eigenvalue weighted by molar-refractivity contribution is 5.95. The lowest BCUT2D eigenvalue weighted by atomic mass is 9.77. The van der Waals surface area contributed by atoms with E-state index in [2.05, 4.69) is 39.5 Å². The normalized spacial score (nSPS) is 28.7. The number of anilines is 2. The van der Waals surface area contributed by atoms with Gasteiger partial charge >= 0.3 is 0 Å². The molecule has 3 fully saturated rings. The number of aromatic nitrogens is 1. The minimum absolute atomic E-state index is 0.223. The van der Waals surface area contributed by atoms with Gasteiger partial charge in [0.15, 0.2) is 0 Å². The molecule has 0 bridgehead atoms. The molecule has 6 nitrogen and oxygen atoms in total. The van der Waals surface area contributed by atoms with E-state index >= 15 is 0 Å². The van der Waals surface area contributed by atoms with E-state index in [-0.39, 0.29) is 12.0 Å². The molecule has 1 aliphatic carbocycles. The number of methoxy groups -OCH3 is 1. The van der Waals surface area contributed by atoms with Gasteiger partial charge < -0.3 is 15.0 Å². The van der Waals surface area contributed by atoms with Crippen molar-refractivity contribution in [3.05, 3.63) is 54.2 Å². The lowest BCUT2D eigenvalue weighted by Crippen LogP contribution is -2.44. The smallest absolute Gasteiger partial charge is 0.227 e. The van der Waals surface area contributed by atoms with E-state index in [0.29, 0.717) is 24.3 Å². The molecule has 1 amide bonds. The van der Waals surface area contributed by atoms with E-state index < -0.39 is 0 Å². The predicted molar refractivity (Wildman–Crippen MR) is 122 cm³/mol. The Bertz CT molecular complexity index is 888. The topological polar surface area (TPSA) is 57.7 Å². The van der Waals surface area contributed by atoms with Crippen LogP contribution in [-0.4, -0.2) is 54.7 Å². The molecule has 1 N–H and O–H groups in total. The van der Waals surface area contributed by atoms with Crippen LogP contribution in [0.1, 0.15) is 31.2 Å². The molecule has 0 radical (unpaired) electrons. The van der Waals surface area contributed by atoms with Crippen molar-refractivity contribution in [2.45, 2.75) is 44.4 Å². The lowest BCUT2D eigenvalue weighted by molar-refractivity contribution is -0.117. The number of amides is 1. The molecule has 3 aliphatic rings. The minimum atomic E-state index is 0.223. The Morgan fingerprint density at radius 1 is 1.10 bits per heavy atom. The number of carbonyl (C=O) groups is 1. The summed E-state index contributed by atoms with van der Waals surface area (Å²) in [5.74, 6) is 2.56. The first-order valence-electron chi connectivity index (χ1n) is 11.5. The number of carbonyl (C=O) groups excluding carboxylic acids is 1. The van der Waals surface area contributed by atoms with Crippen molar-refractivity contribution in [1.82, 2.24) is 9.88 Å². The number of rotatable bonds is 6. The van der Waals surface area contributed by atoms with E-state index in [1.807, 2.05) is 36.4 Å². The third kappa shape index (κ3) is 4.46. The molecule has 0 spiro atoms. The van der Waals surface area contributed by atoms with Gasteiger partial charge in [-0.15, -0.1) is 0 Å². The number of hydrogen-bond donors (Lipinski definition) is 1. The number of pyridine rings is 1. The van der Waals surface area contributed by atoms with E-state index in [1.165, 1.54) is 5.56 Å². The fourth-order valence-electron chi connectivity index (χ4n) is 5.65. The molecule has 4 atom stereocenters. The van der Waals surface area contributed by atoms with Crippen LogP contribution in [0.4, 0.5) is 11.5 Å². The Hall–Kier alpha value is -2.44. The number of ether oxygens (including phenoxy) is 1. The molecular weight excluding hydrogens is 388 g/mol. The van der Waals surface area contributed by atoms with Crippen LogP contribution in [-0.2, 0) is 16.1 Å². The Morgan fingerprint density at radius 3 is 2.58 bits per heavy atom. The van der Waals surface area contributed by atoms with Gasteiger partial charge in [-0.05, 0) is 60.9 Å². The number of benzene rings is 1. The molecular formula is C25H32N4O2. The highest BCUT2D eigenvalue weighted by Crippen LogP contribution is 2.39. The summed E-state index contributed by atoms with van der Waals surface area (Å²) in [6.45, 7) is 4.08. The molecule has 1 aromatic carbocycles. The van der Waals surface area contributed by atoms with Crippen molar-refractivity contribution in [2.75, 3.05) is 37.0 Å². The Balaban J connectivity index is 1.20. The van der Waals surface area contributed by atoms with Crippen LogP contribution in [0.2, 0.25) is 0 Å². The number of nitrogens with zero attached hydrogens (tertiary/aromatic N) is 3. The second-order valence-corrected chi connectivity index (χ2v) is 9.24. The van der Waals surface area contributed by atoms with E-state index in [0.717, 1.165) is 56.9 Å². The van der Waals surface area contributed by atoms with Crippen molar-refractivity contribution in [1.29, 1.82) is 0 Å². The van der Waals surface area contributed by atoms with Gasteiger partial charge in [0.25, 0.3) is 0 Å². The largest absolute Gasteiger partial charge is 0.379 e. The molecule has 0 unspecified atom stereocenters. The summed E-state index contributed by atoms with van der Waals surface area (Å²) >= 11 is 0. The Morgan fingerprint density at radius 2 is 1.90 bits per heavy atom. The van der Waals surface area contributed by atoms with Gasteiger partial charge in [-0.3, -0.25) is 9.69 Å². The maximum absolute atomic E-state index is 12.0. The van der Waals surface area contributed by atoms with Gasteiger partial charge in [-0.25, -0.2) is 4.98 Å². The van der Waals surface area contributed by atoms with Crippen LogP contribution in [0, 0.1) is 11.8 Å². The van der Waals surface area contributed by atoms with Crippen LogP contribution in [0.5, 0.6) is 0 Å². The first-order chi connectivity index (χ1) is 15.2. The molecule has 31 heavy (non-hydrogen) atoms. The van der Waals surface area contributed by atoms with Gasteiger partial charge in [0.05, 0.1) is 12.1 Å². The lowest BCUT2D eigenvalue weighted by Gasteiger charge is -2.37. The monoisotopic (exact) mass is 420 g/mol. The van der Waals surface area contributed by atoms with Crippen LogP contribution in [0.25, 0.3) is 0 Å². The summed E-state index contributed by atoms with van der Waals surface area (Å²) in [7, 11) is 1.83. The average Bonchev–Trinajstić information content (AvgIpc) is 3.39. The molecule has 164 valence electrons. The molecule has 1 saturated carbocycles. The van der Waals surface area contributed by atoms with Gasteiger partial charge in [0.1, 0.15) is 5.82 Å². The van der Waals surface area contributed by atoms with Gasteiger partial charge in [-0.2, -0.15) is 0 Å². The fourth-order valence-corrected chi connectivity index (χ4v) is 5.65. The van der Waals surface area contributed by atoms with Crippen molar-refractivity contribution in [2.24, 2.45) is 11.8 Å². The van der Waals surface area contributed by atoms with Crippen molar-refractivity contribution >= 4 is 17.4 Å². The third-order valence-electron chi connectivity index (χ3n) is 7.22. The van der Waals surface area contributed by atoms with Crippen molar-refractivity contribution in [3.63, 3.8) is 0 Å². The molecule has 5 rings (SSSR count). The molecule has 6 heteroatoms. The molecule has 3 heterocycles. The standard InChI is InChI=1S/C25H32N4O2/c1-31-23-14-20-17-28(16-19(20)13-22(23)27-24-5-2-3-11-26-24)15-18-7-9-21(10-8-18)29-12-4-6-25(29)30/h2-3,5,7-11,19-20,22-23H,4,6,12-17H2,1H3,(H,26,27)/t19-,20+,22-,23-/m1/s1. The van der Waals surface area contributed by atoms with Gasteiger partial charge in [-0.1, -0.05) is 18.2 Å². The zero-order chi connectivity index (χ0) is 21.2. The van der Waals surface area contributed by atoms with Crippen LogP contribution in [0.15, 0.2) is 48.7 Å². The summed E-state index contributed by atoms with van der Waals surface area (Å²) < 4.78 is 5.87. The summed E-state index contributed by atoms with van der Waals surface area (Å²) in [5, 5.41) is 3.61. The number of likely N-dealkylation sites (tertiary alicyclic amines) is 1. The van der Waals surface area contributed by atoms with Crippen LogP contribution < -0.4 is 10.2 Å². The SMILES string of the molecule is CO[C@@H]1C[C@H]2CN(Cc3ccc(N4CCCC4=O)cc3)C[C@H]2C[C@H]1Nc1ccccn1. The summed E-state index contributed by atoms with van der Waals surface area (Å²) in [6.07, 6.45) is 5.91. The van der Waals surface area contributed by atoms with E-state index in [4.69, 9.17) is 4.74 Å².